The molecule has 0 N–H and O–H groups in total. The van der Waals surface area contributed by atoms with E-state index in [0.717, 1.165) is 0 Å². The van der Waals surface area contributed by atoms with Gasteiger partial charge in [-0.05, 0) is 0 Å². The van der Waals surface area contributed by atoms with Crippen LogP contribution in [0.5, 0.6) is 0 Å². The maximum Gasteiger partial charge on any atom is 0 e. The van der Waals surface area contributed by atoms with Crippen molar-refractivity contribution in [2.45, 2.75) is 72.6 Å². The number of hydrogen-bond donors (Lipinski definition) is 0. The largest absolute Gasteiger partial charge is 0 e. The summed E-state index contributed by atoms with van der Waals surface area (Å²) >= 11 is -0.839. The third-order valence-corrected chi connectivity index (χ3v) is 11.7. The van der Waals surface area contributed by atoms with Crippen LogP contribution in [-0.4, -0.2) is 19.8 Å². The predicted octanol–water partition coefficient (Wildman–Crippen LogP) is 4.88. The molecule has 0 aliphatic rings. The molecule has 0 spiro atoms. The van der Waals surface area contributed by atoms with Crippen LogP contribution in [0.25, 0.3) is 0 Å². The molecule has 0 amide bonds. The maximum atomic E-state index is 2.33. The van der Waals surface area contributed by atoms with Gasteiger partial charge >= 0.3 is 92.4 Å². The average molecular weight is 355 g/mol. The number of unbranched alkanes of at least 4 members (excludes halogenated alkanes) is 3. The van der Waals surface area contributed by atoms with Crippen LogP contribution in [0.2, 0.25) is 13.3 Å². The first-order chi connectivity index (χ1) is 6.35. The van der Waals surface area contributed by atoms with Crippen molar-refractivity contribution in [3.05, 3.63) is 0 Å². The Balaban J connectivity index is 0. The molecule has 0 atom stereocenters. The first kappa shape index (κ1) is 17.8. The van der Waals surface area contributed by atoms with Crippen molar-refractivity contribution in [3.63, 3.8) is 0 Å². The second kappa shape index (κ2) is 14.4. The minimum absolute atomic E-state index is 0. The summed E-state index contributed by atoms with van der Waals surface area (Å²) < 4.78 is 5.04. The van der Waals surface area contributed by atoms with E-state index >= 15 is 0 Å². The van der Waals surface area contributed by atoms with E-state index in [1.54, 1.807) is 13.3 Å². The molecule has 0 aliphatic heterocycles. The minimum atomic E-state index is -0.839. The van der Waals surface area contributed by atoms with Crippen molar-refractivity contribution in [2.75, 3.05) is 0 Å². The van der Waals surface area contributed by atoms with Crippen LogP contribution in [0, 0.1) is 0 Å². The molecule has 2 heteroatoms. The van der Waals surface area contributed by atoms with Gasteiger partial charge in [-0.1, -0.05) is 0 Å². The Kier molecular flexibility index (Phi) is 18.3. The fraction of sp³-hybridized carbons (Fsp3) is 1.00. The first-order valence-electron chi connectivity index (χ1n) is 6.18. The van der Waals surface area contributed by atoms with Crippen molar-refractivity contribution in [1.29, 1.82) is 0 Å². The van der Waals surface area contributed by atoms with Gasteiger partial charge in [0, 0.05) is 19.5 Å². The quantitative estimate of drug-likeness (QED) is 0.517. The summed E-state index contributed by atoms with van der Waals surface area (Å²) in [7, 11) is 0. The zero-order chi connectivity index (χ0) is 9.94. The fourth-order valence-corrected chi connectivity index (χ4v) is 11.1. The van der Waals surface area contributed by atoms with E-state index in [2.05, 4.69) is 20.8 Å². The van der Waals surface area contributed by atoms with E-state index in [9.17, 15) is 0 Å². The summed E-state index contributed by atoms with van der Waals surface area (Å²) in [6.45, 7) is 7.00. The molecule has 0 bridgehead atoms. The van der Waals surface area contributed by atoms with Crippen LogP contribution in [0.3, 0.4) is 0 Å². The Morgan fingerprint density at radius 2 is 0.929 bits per heavy atom. The molecule has 0 aromatic rings. The molecule has 0 saturated carbocycles. The van der Waals surface area contributed by atoms with Gasteiger partial charge in [-0.15, -0.1) is 0 Å². The molecule has 0 fully saturated rings. The third-order valence-electron chi connectivity index (χ3n) is 2.65. The molecule has 0 aromatic carbocycles. The van der Waals surface area contributed by atoms with Gasteiger partial charge in [0.05, 0.1) is 0 Å². The Morgan fingerprint density at radius 1 is 0.643 bits per heavy atom. The standard InChI is InChI=1S/3C4H9.Sn.Zn/c3*1-3-4-2;;/h3*1,3-4H2,2H3;;. The van der Waals surface area contributed by atoms with E-state index in [4.69, 9.17) is 0 Å². The van der Waals surface area contributed by atoms with Gasteiger partial charge in [0.15, 0.2) is 0 Å². The van der Waals surface area contributed by atoms with E-state index in [1.807, 2.05) is 0 Å². The van der Waals surface area contributed by atoms with Crippen LogP contribution in [-0.2, 0) is 19.5 Å². The van der Waals surface area contributed by atoms with Gasteiger partial charge in [-0.3, -0.25) is 0 Å². The summed E-state index contributed by atoms with van der Waals surface area (Å²) in [5.74, 6) is 0. The number of rotatable bonds is 9. The monoisotopic (exact) mass is 355 g/mol. The predicted molar refractivity (Wildman–Crippen MR) is 64.9 cm³/mol. The van der Waals surface area contributed by atoms with Crippen LogP contribution < -0.4 is 0 Å². The topological polar surface area (TPSA) is 0 Å². The summed E-state index contributed by atoms with van der Waals surface area (Å²) in [6.07, 6.45) is 8.85. The van der Waals surface area contributed by atoms with Crippen molar-refractivity contribution >= 4 is 19.8 Å². The molecule has 0 unspecified atom stereocenters. The zero-order valence-corrected chi connectivity index (χ0v) is 16.4. The molecule has 0 nitrogen and oxygen atoms in total. The maximum absolute atomic E-state index is 2.33. The molecular weight excluding hydrogens is 328 g/mol. The second-order valence-corrected chi connectivity index (χ2v) is 12.6. The van der Waals surface area contributed by atoms with Gasteiger partial charge in [0.2, 0.25) is 0 Å². The van der Waals surface area contributed by atoms with Crippen molar-refractivity contribution in [3.8, 4) is 0 Å². The number of hydrogen-bond acceptors (Lipinski definition) is 0. The summed E-state index contributed by atoms with van der Waals surface area (Å²) in [4.78, 5) is 0. The van der Waals surface area contributed by atoms with Gasteiger partial charge in [-0.2, -0.15) is 0 Å². The van der Waals surface area contributed by atoms with Crippen LogP contribution >= 0.6 is 0 Å². The zero-order valence-electron chi connectivity index (χ0n) is 10.6. The molecule has 81 valence electrons. The molecule has 0 saturated heterocycles. The van der Waals surface area contributed by atoms with Gasteiger partial charge in [0.1, 0.15) is 0 Å². The Hall–Kier alpha value is 1.42. The molecule has 0 aromatic heterocycles. The first-order valence-corrected chi connectivity index (χ1v) is 12.2. The van der Waals surface area contributed by atoms with E-state index in [1.165, 1.54) is 38.5 Å². The van der Waals surface area contributed by atoms with Gasteiger partial charge in [-0.25, -0.2) is 0 Å². The van der Waals surface area contributed by atoms with Crippen LogP contribution in [0.4, 0.5) is 0 Å². The van der Waals surface area contributed by atoms with Crippen molar-refractivity contribution in [1.82, 2.24) is 0 Å². The minimum Gasteiger partial charge on any atom is 0 e. The Morgan fingerprint density at radius 3 is 1.14 bits per heavy atom. The summed E-state index contributed by atoms with van der Waals surface area (Å²) in [6, 6.07) is 0. The Labute approximate surface area is 111 Å². The smallest absolute Gasteiger partial charge is 0 e. The van der Waals surface area contributed by atoms with E-state index < -0.39 is 19.8 Å². The molecule has 14 heavy (non-hydrogen) atoms. The molecular formula is C12H27SnZn. The molecule has 0 heterocycles. The summed E-state index contributed by atoms with van der Waals surface area (Å²) in [5, 5.41) is 0. The normalized spacial score (nSPS) is 10.3. The van der Waals surface area contributed by atoms with Gasteiger partial charge < -0.3 is 0 Å². The van der Waals surface area contributed by atoms with E-state index in [-0.39, 0.29) is 19.5 Å². The molecule has 0 aliphatic carbocycles. The van der Waals surface area contributed by atoms with Crippen LogP contribution in [0.1, 0.15) is 59.3 Å². The third kappa shape index (κ3) is 11.5. The average Bonchev–Trinajstić information content (AvgIpc) is 2.17. The van der Waals surface area contributed by atoms with Crippen LogP contribution in [0.15, 0.2) is 0 Å². The molecule has 1 radical (unpaired) electrons. The van der Waals surface area contributed by atoms with Crippen molar-refractivity contribution < 1.29 is 19.5 Å². The summed E-state index contributed by atoms with van der Waals surface area (Å²) in [5.41, 5.74) is 0. The Bertz CT molecular complexity index is 77.3. The van der Waals surface area contributed by atoms with Gasteiger partial charge in [0.25, 0.3) is 0 Å². The second-order valence-electron chi connectivity index (χ2n) is 4.06. The van der Waals surface area contributed by atoms with Crippen molar-refractivity contribution in [2.24, 2.45) is 0 Å². The molecule has 0 rings (SSSR count). The fourth-order valence-electron chi connectivity index (χ4n) is 1.66. The SMILES string of the molecule is CCC[CH2][Sn]([CH2]CCC)[CH2]CCC.[Zn]. The van der Waals surface area contributed by atoms with E-state index in [0.29, 0.717) is 0 Å².